The number of aromatic nitrogens is 1. The molecule has 0 saturated heterocycles. The van der Waals surface area contributed by atoms with Crippen molar-refractivity contribution in [3.8, 4) is 0 Å². The van der Waals surface area contributed by atoms with Crippen molar-refractivity contribution in [2.75, 3.05) is 0 Å². The van der Waals surface area contributed by atoms with Crippen LogP contribution in [-0.2, 0) is 6.18 Å². The maximum atomic E-state index is 12.5. The molecule has 5 heteroatoms. The van der Waals surface area contributed by atoms with E-state index in [1.807, 2.05) is 6.92 Å². The molecule has 0 saturated carbocycles. The summed E-state index contributed by atoms with van der Waals surface area (Å²) < 4.78 is 37.4. The predicted octanol–water partition coefficient (Wildman–Crippen LogP) is 3.46. The van der Waals surface area contributed by atoms with Gasteiger partial charge in [-0.2, -0.15) is 13.2 Å². The fourth-order valence-corrected chi connectivity index (χ4v) is 1.89. The van der Waals surface area contributed by atoms with E-state index in [0.29, 0.717) is 5.56 Å². The zero-order valence-electron chi connectivity index (χ0n) is 10.3. The van der Waals surface area contributed by atoms with E-state index >= 15 is 0 Å². The molecule has 2 N–H and O–H groups in total. The van der Waals surface area contributed by atoms with Crippen LogP contribution in [0, 0.1) is 6.92 Å². The second-order valence-corrected chi connectivity index (χ2v) is 4.33. The second kappa shape index (κ2) is 5.01. The Morgan fingerprint density at radius 2 is 1.74 bits per heavy atom. The number of hydrogen-bond donors (Lipinski definition) is 1. The molecular weight excluding hydrogens is 253 g/mol. The van der Waals surface area contributed by atoms with Crippen LogP contribution in [-0.4, -0.2) is 4.98 Å². The first-order chi connectivity index (χ1) is 8.89. The zero-order valence-corrected chi connectivity index (χ0v) is 10.3. The van der Waals surface area contributed by atoms with Gasteiger partial charge in [0.15, 0.2) is 0 Å². The molecule has 0 aliphatic heterocycles. The summed E-state index contributed by atoms with van der Waals surface area (Å²) in [6.45, 7) is 1.87. The Kier molecular flexibility index (Phi) is 3.57. The lowest BCUT2D eigenvalue weighted by atomic mass is 9.96. The first kappa shape index (κ1) is 13.5. The van der Waals surface area contributed by atoms with Gasteiger partial charge in [0.25, 0.3) is 0 Å². The molecule has 0 spiro atoms. The molecule has 2 nitrogen and oxygen atoms in total. The topological polar surface area (TPSA) is 38.9 Å². The van der Waals surface area contributed by atoms with Gasteiger partial charge in [-0.15, -0.1) is 0 Å². The SMILES string of the molecule is Cc1cnccc1C(N)c1ccc(C(F)(F)F)cc1. The highest BCUT2D eigenvalue weighted by Gasteiger charge is 2.30. The number of pyridine rings is 1. The number of nitrogens with zero attached hydrogens (tertiary/aromatic N) is 1. The van der Waals surface area contributed by atoms with Gasteiger partial charge < -0.3 is 5.73 Å². The molecule has 1 aromatic heterocycles. The van der Waals surface area contributed by atoms with Crippen molar-refractivity contribution in [1.29, 1.82) is 0 Å². The maximum absolute atomic E-state index is 12.5. The van der Waals surface area contributed by atoms with Crippen LogP contribution in [0.5, 0.6) is 0 Å². The second-order valence-electron chi connectivity index (χ2n) is 4.33. The third kappa shape index (κ3) is 2.93. The summed E-state index contributed by atoms with van der Waals surface area (Å²) in [6, 6.07) is 6.24. The van der Waals surface area contributed by atoms with Gasteiger partial charge in [0.2, 0.25) is 0 Å². The molecule has 0 aliphatic carbocycles. The van der Waals surface area contributed by atoms with Crippen LogP contribution in [0.2, 0.25) is 0 Å². The highest BCUT2D eigenvalue weighted by molar-refractivity contribution is 5.36. The Labute approximate surface area is 109 Å². The first-order valence-electron chi connectivity index (χ1n) is 5.73. The number of nitrogens with two attached hydrogens (primary N) is 1. The van der Waals surface area contributed by atoms with E-state index < -0.39 is 17.8 Å². The molecule has 100 valence electrons. The summed E-state index contributed by atoms with van der Waals surface area (Å²) in [5, 5.41) is 0. The normalized spacial score (nSPS) is 13.3. The van der Waals surface area contributed by atoms with Crippen molar-refractivity contribution in [3.63, 3.8) is 0 Å². The number of benzene rings is 1. The van der Waals surface area contributed by atoms with Crippen LogP contribution >= 0.6 is 0 Å². The summed E-state index contributed by atoms with van der Waals surface area (Å²) in [7, 11) is 0. The Bertz CT molecular complexity index is 562. The van der Waals surface area contributed by atoms with Gasteiger partial charge in [-0.3, -0.25) is 4.98 Å². The fraction of sp³-hybridized carbons (Fsp3) is 0.214. The minimum atomic E-state index is -4.32. The quantitative estimate of drug-likeness (QED) is 0.904. The average molecular weight is 266 g/mol. The summed E-state index contributed by atoms with van der Waals surface area (Å²) in [4.78, 5) is 3.96. The summed E-state index contributed by atoms with van der Waals surface area (Å²) in [5.41, 5.74) is 7.81. The molecule has 0 radical (unpaired) electrons. The lowest BCUT2D eigenvalue weighted by molar-refractivity contribution is -0.137. The summed E-state index contributed by atoms with van der Waals surface area (Å²) >= 11 is 0. The van der Waals surface area contributed by atoms with Crippen LogP contribution in [0.4, 0.5) is 13.2 Å². The largest absolute Gasteiger partial charge is 0.416 e. The molecule has 0 amide bonds. The summed E-state index contributed by atoms with van der Waals surface area (Å²) in [5.74, 6) is 0. The van der Waals surface area contributed by atoms with E-state index in [1.165, 1.54) is 12.1 Å². The molecular formula is C14H13F3N2. The van der Waals surface area contributed by atoms with Crippen molar-refractivity contribution >= 4 is 0 Å². The van der Waals surface area contributed by atoms with Gasteiger partial charge >= 0.3 is 6.18 Å². The minimum absolute atomic E-state index is 0.453. The lowest BCUT2D eigenvalue weighted by Gasteiger charge is -2.15. The van der Waals surface area contributed by atoms with E-state index in [4.69, 9.17) is 5.73 Å². The van der Waals surface area contributed by atoms with Crippen molar-refractivity contribution in [2.24, 2.45) is 5.73 Å². The molecule has 19 heavy (non-hydrogen) atoms. The highest BCUT2D eigenvalue weighted by Crippen LogP contribution is 2.30. The number of aryl methyl sites for hydroxylation is 1. The number of halogens is 3. The lowest BCUT2D eigenvalue weighted by Crippen LogP contribution is -2.14. The Morgan fingerprint density at radius 3 is 2.26 bits per heavy atom. The molecule has 2 rings (SSSR count). The molecule has 1 heterocycles. The van der Waals surface area contributed by atoms with Gasteiger partial charge in [-0.25, -0.2) is 0 Å². The van der Waals surface area contributed by atoms with Crippen molar-refractivity contribution in [2.45, 2.75) is 19.1 Å². The fourth-order valence-electron chi connectivity index (χ4n) is 1.89. The van der Waals surface area contributed by atoms with Crippen molar-refractivity contribution in [1.82, 2.24) is 4.98 Å². The van der Waals surface area contributed by atoms with E-state index in [-0.39, 0.29) is 0 Å². The third-order valence-corrected chi connectivity index (χ3v) is 3.00. The van der Waals surface area contributed by atoms with Gasteiger partial charge in [0.1, 0.15) is 0 Å². The van der Waals surface area contributed by atoms with Crippen LogP contribution in [0.1, 0.15) is 28.3 Å². The van der Waals surface area contributed by atoms with Crippen LogP contribution in [0.3, 0.4) is 0 Å². The molecule has 0 fully saturated rings. The van der Waals surface area contributed by atoms with Gasteiger partial charge in [-0.05, 0) is 41.8 Å². The smallest absolute Gasteiger partial charge is 0.320 e. The van der Waals surface area contributed by atoms with Gasteiger partial charge in [0, 0.05) is 12.4 Å². The Hall–Kier alpha value is -1.88. The van der Waals surface area contributed by atoms with Crippen LogP contribution in [0.15, 0.2) is 42.7 Å². The molecule has 0 aliphatic rings. The third-order valence-electron chi connectivity index (χ3n) is 3.00. The van der Waals surface area contributed by atoms with E-state index in [0.717, 1.165) is 23.3 Å². The van der Waals surface area contributed by atoms with Crippen LogP contribution < -0.4 is 5.73 Å². The number of alkyl halides is 3. The Morgan fingerprint density at radius 1 is 1.11 bits per heavy atom. The number of hydrogen-bond acceptors (Lipinski definition) is 2. The molecule has 1 atom stereocenters. The first-order valence-corrected chi connectivity index (χ1v) is 5.73. The van der Waals surface area contributed by atoms with E-state index in [1.54, 1.807) is 18.5 Å². The van der Waals surface area contributed by atoms with Gasteiger partial charge in [-0.1, -0.05) is 12.1 Å². The van der Waals surface area contributed by atoms with E-state index in [2.05, 4.69) is 4.98 Å². The number of rotatable bonds is 2. The molecule has 1 aromatic carbocycles. The van der Waals surface area contributed by atoms with Crippen molar-refractivity contribution in [3.05, 3.63) is 65.0 Å². The molecule has 2 aromatic rings. The average Bonchev–Trinajstić information content (AvgIpc) is 2.38. The predicted molar refractivity (Wildman–Crippen MR) is 66.4 cm³/mol. The highest BCUT2D eigenvalue weighted by atomic mass is 19.4. The molecule has 1 unspecified atom stereocenters. The van der Waals surface area contributed by atoms with Gasteiger partial charge in [0.05, 0.1) is 11.6 Å². The standard InChI is InChI=1S/C14H13F3N2/c1-9-8-19-7-6-12(9)13(18)10-2-4-11(5-3-10)14(15,16)17/h2-8,13H,18H2,1H3. The van der Waals surface area contributed by atoms with Crippen LogP contribution in [0.25, 0.3) is 0 Å². The van der Waals surface area contributed by atoms with E-state index in [9.17, 15) is 13.2 Å². The molecule has 0 bridgehead atoms. The minimum Gasteiger partial charge on any atom is -0.320 e. The summed E-state index contributed by atoms with van der Waals surface area (Å²) in [6.07, 6.45) is -1.03. The zero-order chi connectivity index (χ0) is 14.0. The maximum Gasteiger partial charge on any atom is 0.416 e. The van der Waals surface area contributed by atoms with Crippen molar-refractivity contribution < 1.29 is 13.2 Å². The monoisotopic (exact) mass is 266 g/mol. The Balaban J connectivity index is 2.31.